The maximum Gasteiger partial charge on any atom is 0.232 e. The molecule has 0 saturated carbocycles. The Morgan fingerprint density at radius 2 is 1.92 bits per heavy atom. The van der Waals surface area contributed by atoms with Gasteiger partial charge in [0.15, 0.2) is 0 Å². The number of benzene rings is 1. The molecule has 0 saturated heterocycles. The van der Waals surface area contributed by atoms with E-state index in [1.807, 2.05) is 30.3 Å². The lowest BCUT2D eigenvalue weighted by atomic mass is 10.2. The highest BCUT2D eigenvalue weighted by Gasteiger charge is 2.22. The fourth-order valence-electron chi connectivity index (χ4n) is 2.32. The fourth-order valence-corrected chi connectivity index (χ4v) is 4.79. The number of imidazole rings is 1. The molecular weight excluding hydrogens is 344 g/mol. The molecule has 4 rings (SSSR count). The van der Waals surface area contributed by atoms with Crippen LogP contribution in [-0.2, 0) is 15.6 Å². The van der Waals surface area contributed by atoms with E-state index >= 15 is 0 Å². The fraction of sp³-hybridized carbons (Fsp3) is 0.0625. The van der Waals surface area contributed by atoms with Crippen LogP contribution in [0.1, 0.15) is 5.56 Å². The molecule has 0 fully saturated rings. The summed E-state index contributed by atoms with van der Waals surface area (Å²) in [5, 5.41) is 4.19. The molecule has 0 radical (unpaired) electrons. The van der Waals surface area contributed by atoms with Gasteiger partial charge in [-0.05, 0) is 11.6 Å². The van der Waals surface area contributed by atoms with Crippen LogP contribution in [0.4, 0.5) is 0 Å². The van der Waals surface area contributed by atoms with Gasteiger partial charge in [-0.3, -0.25) is 4.98 Å². The van der Waals surface area contributed by atoms with Crippen molar-refractivity contribution in [3.63, 3.8) is 0 Å². The highest BCUT2D eigenvalue weighted by atomic mass is 32.2. The summed E-state index contributed by atoms with van der Waals surface area (Å²) in [5.74, 6) is -0.122. The molecule has 0 spiro atoms. The van der Waals surface area contributed by atoms with Crippen LogP contribution in [0.15, 0.2) is 65.4 Å². The molecule has 6 nitrogen and oxygen atoms in total. The molecule has 4 aromatic rings. The summed E-state index contributed by atoms with van der Waals surface area (Å²) in [5.41, 5.74) is 2.37. The van der Waals surface area contributed by atoms with E-state index < -0.39 is 9.84 Å². The van der Waals surface area contributed by atoms with Gasteiger partial charge in [0.1, 0.15) is 0 Å². The van der Waals surface area contributed by atoms with Gasteiger partial charge in [0, 0.05) is 18.0 Å². The van der Waals surface area contributed by atoms with Crippen LogP contribution in [0.5, 0.6) is 0 Å². The summed E-state index contributed by atoms with van der Waals surface area (Å²) >= 11 is 1.07. The number of pyridine rings is 1. The van der Waals surface area contributed by atoms with E-state index in [1.165, 1.54) is 4.52 Å². The monoisotopic (exact) mass is 356 g/mol. The zero-order valence-corrected chi connectivity index (χ0v) is 14.0. The van der Waals surface area contributed by atoms with Crippen LogP contribution in [0.3, 0.4) is 0 Å². The van der Waals surface area contributed by atoms with Crippen LogP contribution >= 0.6 is 11.3 Å². The van der Waals surface area contributed by atoms with Gasteiger partial charge in [-0.25, -0.2) is 17.9 Å². The van der Waals surface area contributed by atoms with Gasteiger partial charge in [0.2, 0.25) is 19.1 Å². The van der Waals surface area contributed by atoms with Crippen molar-refractivity contribution >= 4 is 26.1 Å². The summed E-state index contributed by atoms with van der Waals surface area (Å²) in [4.78, 5) is 8.96. The Kier molecular flexibility index (Phi) is 3.62. The Bertz CT molecular complexity index is 1060. The van der Waals surface area contributed by atoms with E-state index in [1.54, 1.807) is 30.7 Å². The largest absolute Gasteiger partial charge is 0.264 e. The highest BCUT2D eigenvalue weighted by Crippen LogP contribution is 2.25. The number of hydrogen-bond donors (Lipinski definition) is 0. The third kappa shape index (κ3) is 2.81. The van der Waals surface area contributed by atoms with Crippen molar-refractivity contribution in [1.29, 1.82) is 0 Å². The molecule has 1 aromatic carbocycles. The SMILES string of the molecule is O=S(=O)(Cc1cccnc1)c1nn2cc(-c3ccccc3)nc2s1. The summed E-state index contributed by atoms with van der Waals surface area (Å²) in [6.07, 6.45) is 4.90. The van der Waals surface area contributed by atoms with Crippen molar-refractivity contribution in [3.8, 4) is 11.3 Å². The summed E-state index contributed by atoms with van der Waals surface area (Å²) in [6, 6.07) is 13.1. The molecule has 0 aliphatic rings. The van der Waals surface area contributed by atoms with Crippen LogP contribution in [0.25, 0.3) is 16.2 Å². The van der Waals surface area contributed by atoms with E-state index in [4.69, 9.17) is 0 Å². The van der Waals surface area contributed by atoms with Gasteiger partial charge in [-0.2, -0.15) is 0 Å². The van der Waals surface area contributed by atoms with E-state index in [2.05, 4.69) is 15.1 Å². The topological polar surface area (TPSA) is 77.2 Å². The van der Waals surface area contributed by atoms with Crippen molar-refractivity contribution in [3.05, 3.63) is 66.6 Å². The van der Waals surface area contributed by atoms with Gasteiger partial charge in [0.25, 0.3) is 0 Å². The molecule has 3 heterocycles. The summed E-state index contributed by atoms with van der Waals surface area (Å²) in [6.45, 7) is 0. The number of aromatic nitrogens is 4. The molecule has 0 aliphatic carbocycles. The first kappa shape index (κ1) is 15.0. The van der Waals surface area contributed by atoms with Crippen molar-refractivity contribution in [1.82, 2.24) is 19.6 Å². The summed E-state index contributed by atoms with van der Waals surface area (Å²) in [7, 11) is -3.52. The molecule has 0 unspecified atom stereocenters. The minimum absolute atomic E-state index is 0.0634. The van der Waals surface area contributed by atoms with Crippen LogP contribution in [0.2, 0.25) is 0 Å². The number of sulfone groups is 1. The van der Waals surface area contributed by atoms with Gasteiger partial charge in [0.05, 0.1) is 17.6 Å². The quantitative estimate of drug-likeness (QED) is 0.562. The lowest BCUT2D eigenvalue weighted by molar-refractivity contribution is 0.592. The predicted molar refractivity (Wildman–Crippen MR) is 91.4 cm³/mol. The number of nitrogens with zero attached hydrogens (tertiary/aromatic N) is 4. The second-order valence-electron chi connectivity index (χ2n) is 5.21. The number of rotatable bonds is 4. The first-order valence-corrected chi connectivity index (χ1v) is 9.62. The lowest BCUT2D eigenvalue weighted by Gasteiger charge is -1.99. The molecule has 0 atom stereocenters. The van der Waals surface area contributed by atoms with Crippen LogP contribution in [-0.4, -0.2) is 28.0 Å². The van der Waals surface area contributed by atoms with Crippen LogP contribution < -0.4 is 0 Å². The average Bonchev–Trinajstić information content (AvgIpc) is 3.15. The Labute approximate surface area is 142 Å². The van der Waals surface area contributed by atoms with Crippen LogP contribution in [0, 0.1) is 0 Å². The number of fused-ring (bicyclic) bond motifs is 1. The van der Waals surface area contributed by atoms with E-state index in [0.29, 0.717) is 10.5 Å². The lowest BCUT2D eigenvalue weighted by Crippen LogP contribution is -2.05. The van der Waals surface area contributed by atoms with Crippen molar-refractivity contribution in [2.45, 2.75) is 10.1 Å². The highest BCUT2D eigenvalue weighted by molar-refractivity contribution is 7.92. The smallest absolute Gasteiger partial charge is 0.232 e. The maximum absolute atomic E-state index is 12.5. The normalized spacial score (nSPS) is 11.8. The van der Waals surface area contributed by atoms with Gasteiger partial charge < -0.3 is 0 Å². The number of hydrogen-bond acceptors (Lipinski definition) is 6. The summed E-state index contributed by atoms with van der Waals surface area (Å²) < 4.78 is 26.6. The Morgan fingerprint density at radius 1 is 1.08 bits per heavy atom. The average molecular weight is 356 g/mol. The molecule has 0 bridgehead atoms. The molecule has 24 heavy (non-hydrogen) atoms. The first-order chi connectivity index (χ1) is 11.6. The van der Waals surface area contributed by atoms with E-state index in [-0.39, 0.29) is 10.1 Å². The predicted octanol–water partition coefficient (Wildman–Crippen LogP) is 2.83. The minimum Gasteiger partial charge on any atom is -0.264 e. The first-order valence-electron chi connectivity index (χ1n) is 7.15. The van der Waals surface area contributed by atoms with Crippen molar-refractivity contribution < 1.29 is 8.42 Å². The third-order valence-corrected chi connectivity index (χ3v) is 6.50. The van der Waals surface area contributed by atoms with Gasteiger partial charge in [-0.15, -0.1) is 5.10 Å². The second-order valence-corrected chi connectivity index (χ2v) is 8.33. The standard InChI is InChI=1S/C16H12N4O2S2/c21-24(22,11-12-5-4-8-17-9-12)16-19-20-10-14(18-15(20)23-16)13-6-2-1-3-7-13/h1-10H,11H2. The van der Waals surface area contributed by atoms with Crippen molar-refractivity contribution in [2.75, 3.05) is 0 Å². The Balaban J connectivity index is 1.67. The zero-order valence-electron chi connectivity index (χ0n) is 12.4. The Morgan fingerprint density at radius 3 is 2.62 bits per heavy atom. The zero-order chi connectivity index (χ0) is 16.6. The third-order valence-electron chi connectivity index (χ3n) is 3.44. The molecule has 8 heteroatoms. The molecule has 3 aromatic heterocycles. The molecule has 0 N–H and O–H groups in total. The maximum atomic E-state index is 12.5. The van der Waals surface area contributed by atoms with E-state index in [9.17, 15) is 8.42 Å². The molecule has 0 amide bonds. The van der Waals surface area contributed by atoms with E-state index in [0.717, 1.165) is 22.6 Å². The van der Waals surface area contributed by atoms with Gasteiger partial charge in [-0.1, -0.05) is 47.7 Å². The minimum atomic E-state index is -3.52. The molecular formula is C16H12N4O2S2. The molecule has 120 valence electrons. The second kappa shape index (κ2) is 5.81. The van der Waals surface area contributed by atoms with Crippen molar-refractivity contribution in [2.24, 2.45) is 0 Å². The molecule has 0 aliphatic heterocycles. The van der Waals surface area contributed by atoms with Gasteiger partial charge >= 0.3 is 0 Å². The Hall–Kier alpha value is -2.58.